The van der Waals surface area contributed by atoms with Crippen molar-refractivity contribution in [1.82, 2.24) is 15.2 Å². The van der Waals surface area contributed by atoms with E-state index in [1.165, 1.54) is 0 Å². The lowest BCUT2D eigenvalue weighted by Gasteiger charge is -2.03. The predicted molar refractivity (Wildman–Crippen MR) is 85.1 cm³/mol. The number of esters is 1. The normalized spacial score (nSPS) is 10.7. The predicted octanol–water partition coefficient (Wildman–Crippen LogP) is 3.42. The number of hydrogen-bond donors (Lipinski definition) is 0. The molecule has 3 rings (SSSR count). The topological polar surface area (TPSA) is 78.1 Å². The summed E-state index contributed by atoms with van der Waals surface area (Å²) < 4.78 is 10.6. The summed E-state index contributed by atoms with van der Waals surface area (Å²) in [6, 6.07) is 6.86. The molecule has 2 aromatic heterocycles. The summed E-state index contributed by atoms with van der Waals surface area (Å²) in [4.78, 5) is 16.4. The molecule has 23 heavy (non-hydrogen) atoms. The minimum atomic E-state index is -0.385. The third-order valence-electron chi connectivity index (χ3n) is 3.15. The molecular formula is C16H15N3O3S. The van der Waals surface area contributed by atoms with Gasteiger partial charge in [-0.1, -0.05) is 6.92 Å². The fourth-order valence-electron chi connectivity index (χ4n) is 1.96. The van der Waals surface area contributed by atoms with E-state index in [1.807, 2.05) is 12.3 Å². The number of thiazole rings is 1. The fourth-order valence-corrected chi connectivity index (χ4v) is 2.69. The molecule has 7 heteroatoms. The number of aryl methyl sites for hydroxylation is 2. The summed E-state index contributed by atoms with van der Waals surface area (Å²) in [6.07, 6.45) is 0.884. The molecule has 3 aromatic rings. The zero-order chi connectivity index (χ0) is 16.2. The Hall–Kier alpha value is -2.54. The molecule has 0 spiro atoms. The van der Waals surface area contributed by atoms with Crippen LogP contribution < -0.4 is 0 Å². The van der Waals surface area contributed by atoms with Crippen molar-refractivity contribution in [3.63, 3.8) is 0 Å². The van der Waals surface area contributed by atoms with Gasteiger partial charge in [-0.3, -0.25) is 0 Å². The molecule has 0 unspecified atom stereocenters. The van der Waals surface area contributed by atoms with Gasteiger partial charge in [0.05, 0.1) is 16.3 Å². The Morgan fingerprint density at radius 1 is 1.26 bits per heavy atom. The van der Waals surface area contributed by atoms with E-state index in [0.717, 1.165) is 22.7 Å². The molecule has 6 nitrogen and oxygen atoms in total. The largest absolute Gasteiger partial charge is 0.456 e. The Morgan fingerprint density at radius 2 is 2.04 bits per heavy atom. The first-order chi connectivity index (χ1) is 11.2. The highest BCUT2D eigenvalue weighted by atomic mass is 32.1. The van der Waals surface area contributed by atoms with Crippen LogP contribution in [0.3, 0.4) is 0 Å². The zero-order valence-electron chi connectivity index (χ0n) is 12.8. The SMILES string of the molecule is CCc1nc(COC(=O)c2ccc(-c3nnc(C)o3)cc2)cs1. The molecule has 0 bridgehead atoms. The van der Waals surface area contributed by atoms with Gasteiger partial charge in [-0.2, -0.15) is 0 Å². The van der Waals surface area contributed by atoms with Gasteiger partial charge in [-0.05, 0) is 30.7 Å². The second kappa shape index (κ2) is 6.70. The molecule has 118 valence electrons. The van der Waals surface area contributed by atoms with Crippen LogP contribution in [0.15, 0.2) is 34.1 Å². The van der Waals surface area contributed by atoms with Crippen molar-refractivity contribution in [3.8, 4) is 11.5 Å². The lowest BCUT2D eigenvalue weighted by Crippen LogP contribution is -2.05. The van der Waals surface area contributed by atoms with E-state index in [0.29, 0.717) is 17.3 Å². The van der Waals surface area contributed by atoms with Gasteiger partial charge in [0.15, 0.2) is 0 Å². The first kappa shape index (κ1) is 15.4. The van der Waals surface area contributed by atoms with Gasteiger partial charge in [0.1, 0.15) is 6.61 Å². The number of carbonyl (C=O) groups excluding carboxylic acids is 1. The van der Waals surface area contributed by atoms with Crippen LogP contribution in [0.5, 0.6) is 0 Å². The molecule has 0 aliphatic rings. The summed E-state index contributed by atoms with van der Waals surface area (Å²) in [5.74, 6) is 0.541. The third kappa shape index (κ3) is 3.62. The van der Waals surface area contributed by atoms with Crippen molar-refractivity contribution in [1.29, 1.82) is 0 Å². The molecule has 0 aliphatic heterocycles. The molecule has 0 atom stereocenters. The van der Waals surface area contributed by atoms with E-state index in [2.05, 4.69) is 15.2 Å². The smallest absolute Gasteiger partial charge is 0.338 e. The molecule has 1 aromatic carbocycles. The standard InChI is InChI=1S/C16H15N3O3S/c1-3-14-17-13(9-23-14)8-21-16(20)12-6-4-11(5-7-12)15-19-18-10(2)22-15/h4-7,9H,3,8H2,1-2H3. The summed E-state index contributed by atoms with van der Waals surface area (Å²) in [5.41, 5.74) is 2.00. The molecule has 0 aliphatic carbocycles. The Balaban J connectivity index is 1.63. The number of rotatable bonds is 5. The van der Waals surface area contributed by atoms with Crippen molar-refractivity contribution < 1.29 is 13.9 Å². The Labute approximate surface area is 137 Å². The van der Waals surface area contributed by atoms with Crippen LogP contribution in [-0.4, -0.2) is 21.2 Å². The number of hydrogen-bond acceptors (Lipinski definition) is 7. The van der Waals surface area contributed by atoms with Crippen LogP contribution in [0.4, 0.5) is 0 Å². The lowest BCUT2D eigenvalue weighted by molar-refractivity contribution is 0.0468. The average molecular weight is 329 g/mol. The van der Waals surface area contributed by atoms with Crippen molar-refractivity contribution >= 4 is 17.3 Å². The van der Waals surface area contributed by atoms with Crippen LogP contribution in [0.1, 0.15) is 33.9 Å². The molecule has 0 fully saturated rings. The molecular weight excluding hydrogens is 314 g/mol. The van der Waals surface area contributed by atoms with Gasteiger partial charge in [-0.25, -0.2) is 9.78 Å². The first-order valence-electron chi connectivity index (χ1n) is 7.16. The first-order valence-corrected chi connectivity index (χ1v) is 8.04. The highest BCUT2D eigenvalue weighted by Crippen LogP contribution is 2.19. The minimum Gasteiger partial charge on any atom is -0.456 e. The highest BCUT2D eigenvalue weighted by molar-refractivity contribution is 7.09. The second-order valence-corrected chi connectivity index (χ2v) is 5.81. The highest BCUT2D eigenvalue weighted by Gasteiger charge is 2.11. The summed E-state index contributed by atoms with van der Waals surface area (Å²) >= 11 is 1.57. The fraction of sp³-hybridized carbons (Fsp3) is 0.250. The van der Waals surface area contributed by atoms with Crippen LogP contribution in [-0.2, 0) is 17.8 Å². The van der Waals surface area contributed by atoms with Crippen LogP contribution in [0.2, 0.25) is 0 Å². The number of aromatic nitrogens is 3. The Morgan fingerprint density at radius 3 is 2.65 bits per heavy atom. The van der Waals surface area contributed by atoms with E-state index in [4.69, 9.17) is 9.15 Å². The van der Waals surface area contributed by atoms with Crippen LogP contribution in [0.25, 0.3) is 11.5 Å². The third-order valence-corrected chi connectivity index (χ3v) is 4.19. The van der Waals surface area contributed by atoms with E-state index >= 15 is 0 Å². The van der Waals surface area contributed by atoms with Crippen LogP contribution >= 0.6 is 11.3 Å². The molecule has 2 heterocycles. The number of nitrogens with zero attached hydrogens (tertiary/aromatic N) is 3. The molecule has 0 saturated heterocycles. The minimum absolute atomic E-state index is 0.180. The zero-order valence-corrected chi connectivity index (χ0v) is 13.6. The van der Waals surface area contributed by atoms with E-state index in [1.54, 1.807) is 42.5 Å². The van der Waals surface area contributed by atoms with E-state index in [-0.39, 0.29) is 12.6 Å². The lowest BCUT2D eigenvalue weighted by atomic mass is 10.1. The molecule has 0 N–H and O–H groups in total. The maximum atomic E-state index is 12.0. The van der Waals surface area contributed by atoms with Crippen molar-refractivity contribution in [2.24, 2.45) is 0 Å². The van der Waals surface area contributed by atoms with Gasteiger partial charge in [0.25, 0.3) is 0 Å². The maximum absolute atomic E-state index is 12.0. The average Bonchev–Trinajstić information content (AvgIpc) is 3.21. The molecule has 0 amide bonds. The monoisotopic (exact) mass is 329 g/mol. The van der Waals surface area contributed by atoms with Crippen molar-refractivity contribution in [3.05, 3.63) is 51.8 Å². The van der Waals surface area contributed by atoms with Crippen molar-refractivity contribution in [2.45, 2.75) is 26.9 Å². The van der Waals surface area contributed by atoms with Gasteiger partial charge in [-0.15, -0.1) is 21.5 Å². The number of benzene rings is 1. The van der Waals surface area contributed by atoms with Gasteiger partial charge < -0.3 is 9.15 Å². The van der Waals surface area contributed by atoms with Crippen LogP contribution in [0, 0.1) is 6.92 Å². The van der Waals surface area contributed by atoms with E-state index < -0.39 is 0 Å². The maximum Gasteiger partial charge on any atom is 0.338 e. The summed E-state index contributed by atoms with van der Waals surface area (Å²) in [7, 11) is 0. The Bertz CT molecular complexity index is 808. The second-order valence-electron chi connectivity index (χ2n) is 4.87. The number of carbonyl (C=O) groups is 1. The quantitative estimate of drug-likeness (QED) is 0.667. The number of ether oxygens (including phenoxy) is 1. The molecule has 0 radical (unpaired) electrons. The van der Waals surface area contributed by atoms with Gasteiger partial charge in [0, 0.05) is 17.9 Å². The van der Waals surface area contributed by atoms with Crippen molar-refractivity contribution in [2.75, 3.05) is 0 Å². The van der Waals surface area contributed by atoms with E-state index in [9.17, 15) is 4.79 Å². The Kier molecular flexibility index (Phi) is 4.47. The molecule has 0 saturated carbocycles. The summed E-state index contributed by atoms with van der Waals surface area (Å²) in [5, 5.41) is 10.7. The van der Waals surface area contributed by atoms with Gasteiger partial charge >= 0.3 is 5.97 Å². The van der Waals surface area contributed by atoms with Gasteiger partial charge in [0.2, 0.25) is 11.8 Å². The summed E-state index contributed by atoms with van der Waals surface area (Å²) in [6.45, 7) is 3.95.